The molecule has 0 atom stereocenters. The molecule has 7 nitrogen and oxygen atoms in total. The normalized spacial score (nSPS) is 11.4. The number of aromatic amines is 1. The van der Waals surface area contributed by atoms with Crippen LogP contribution in [0.5, 0.6) is 5.75 Å². The van der Waals surface area contributed by atoms with Gasteiger partial charge in [-0.05, 0) is 43.2 Å². The molecular formula is C23H25N3O4. The monoisotopic (exact) mass is 407 g/mol. The zero-order valence-electron chi connectivity index (χ0n) is 17.3. The van der Waals surface area contributed by atoms with Crippen LogP contribution in [0.1, 0.15) is 23.7 Å². The molecule has 0 aliphatic carbocycles. The number of benzene rings is 2. The van der Waals surface area contributed by atoms with Crippen LogP contribution in [0, 0.1) is 0 Å². The van der Waals surface area contributed by atoms with Crippen molar-refractivity contribution in [3.05, 3.63) is 81.8 Å². The fourth-order valence-electron chi connectivity index (χ4n) is 3.18. The molecule has 1 N–H and O–H groups in total. The van der Waals surface area contributed by atoms with Crippen LogP contribution in [0.25, 0.3) is 5.69 Å². The van der Waals surface area contributed by atoms with Crippen molar-refractivity contribution < 1.29 is 14.3 Å². The maximum Gasteiger partial charge on any atom is 0.311 e. The Labute approximate surface area is 175 Å². The number of hydrogen-bond acceptors (Lipinski definition) is 5. The van der Waals surface area contributed by atoms with Gasteiger partial charge in [0, 0.05) is 12.3 Å². The smallest absolute Gasteiger partial charge is 0.311 e. The van der Waals surface area contributed by atoms with Gasteiger partial charge in [0.2, 0.25) is 0 Å². The maximum absolute atomic E-state index is 13.1. The van der Waals surface area contributed by atoms with Gasteiger partial charge < -0.3 is 9.47 Å². The Hall–Kier alpha value is -3.61. The Morgan fingerprint density at radius 3 is 2.40 bits per heavy atom. The minimum atomic E-state index is -0.427. The predicted molar refractivity (Wildman–Crippen MR) is 116 cm³/mol. The lowest BCUT2D eigenvalue weighted by molar-refractivity contribution is -0.139. The molecule has 0 saturated heterocycles. The van der Waals surface area contributed by atoms with E-state index in [1.54, 1.807) is 14.0 Å². The molecule has 3 rings (SSSR count). The number of rotatable bonds is 8. The summed E-state index contributed by atoms with van der Waals surface area (Å²) in [5, 5.41) is 3.04. The van der Waals surface area contributed by atoms with E-state index in [-0.39, 0.29) is 12.0 Å². The number of aliphatic imine (C=N–C) groups is 1. The molecule has 0 spiro atoms. The zero-order valence-corrected chi connectivity index (χ0v) is 17.3. The van der Waals surface area contributed by atoms with Crippen LogP contribution in [0.15, 0.2) is 64.4 Å². The third-order valence-corrected chi connectivity index (χ3v) is 4.80. The van der Waals surface area contributed by atoms with Crippen molar-refractivity contribution in [1.82, 2.24) is 9.78 Å². The molecule has 0 amide bonds. The second-order valence-electron chi connectivity index (χ2n) is 6.76. The van der Waals surface area contributed by atoms with E-state index in [9.17, 15) is 9.59 Å². The number of carbonyl (C=O) groups is 1. The van der Waals surface area contributed by atoms with Gasteiger partial charge in [0.1, 0.15) is 5.75 Å². The first-order valence-electron chi connectivity index (χ1n) is 9.64. The Kier molecular flexibility index (Phi) is 6.85. The second kappa shape index (κ2) is 9.73. The molecule has 7 heteroatoms. The van der Waals surface area contributed by atoms with Gasteiger partial charge in [-0.1, -0.05) is 30.3 Å². The van der Waals surface area contributed by atoms with E-state index < -0.39 is 5.97 Å². The molecule has 0 bridgehead atoms. The highest BCUT2D eigenvalue weighted by Gasteiger charge is 2.20. The van der Waals surface area contributed by atoms with Crippen LogP contribution in [-0.2, 0) is 22.4 Å². The van der Waals surface area contributed by atoms with Crippen molar-refractivity contribution >= 4 is 11.7 Å². The Morgan fingerprint density at radius 2 is 1.77 bits per heavy atom. The highest BCUT2D eigenvalue weighted by Crippen LogP contribution is 2.13. The van der Waals surface area contributed by atoms with E-state index in [2.05, 4.69) is 10.1 Å². The first-order chi connectivity index (χ1) is 14.5. The van der Waals surface area contributed by atoms with E-state index in [0.717, 1.165) is 17.7 Å². The first kappa shape index (κ1) is 21.1. The van der Waals surface area contributed by atoms with E-state index in [0.29, 0.717) is 29.2 Å². The van der Waals surface area contributed by atoms with Crippen molar-refractivity contribution in [3.8, 4) is 11.4 Å². The molecule has 1 aromatic heterocycles. The lowest BCUT2D eigenvalue weighted by Crippen LogP contribution is -2.20. The highest BCUT2D eigenvalue weighted by molar-refractivity contribution is 6.00. The number of para-hydroxylation sites is 1. The third kappa shape index (κ3) is 4.86. The summed E-state index contributed by atoms with van der Waals surface area (Å²) in [4.78, 5) is 29.5. The number of ether oxygens (including phenoxy) is 2. The fourth-order valence-corrected chi connectivity index (χ4v) is 3.18. The van der Waals surface area contributed by atoms with Crippen LogP contribution < -0.4 is 10.3 Å². The molecular weight excluding hydrogens is 382 g/mol. The Morgan fingerprint density at radius 1 is 1.07 bits per heavy atom. The van der Waals surface area contributed by atoms with Gasteiger partial charge in [-0.2, -0.15) is 0 Å². The number of aromatic nitrogens is 2. The molecule has 0 unspecified atom stereocenters. The van der Waals surface area contributed by atoms with Crippen LogP contribution in [0.3, 0.4) is 0 Å². The van der Waals surface area contributed by atoms with E-state index in [4.69, 9.17) is 9.47 Å². The molecule has 0 radical (unpaired) electrons. The number of nitrogens with one attached hydrogen (secondary N) is 1. The van der Waals surface area contributed by atoms with Gasteiger partial charge in [0.05, 0.1) is 37.6 Å². The Balaban J connectivity index is 1.87. The minimum absolute atomic E-state index is 0.0355. The van der Waals surface area contributed by atoms with E-state index in [1.165, 1.54) is 11.8 Å². The van der Waals surface area contributed by atoms with Crippen LogP contribution >= 0.6 is 0 Å². The van der Waals surface area contributed by atoms with Gasteiger partial charge >= 0.3 is 5.97 Å². The molecule has 0 fully saturated rings. The van der Waals surface area contributed by atoms with Crippen molar-refractivity contribution in [3.63, 3.8) is 0 Å². The lowest BCUT2D eigenvalue weighted by Gasteiger charge is -2.03. The number of hydrogen-bond donors (Lipinski definition) is 1. The first-order valence-corrected chi connectivity index (χ1v) is 9.64. The molecule has 0 saturated carbocycles. The van der Waals surface area contributed by atoms with E-state index >= 15 is 0 Å². The lowest BCUT2D eigenvalue weighted by atomic mass is 10.1. The number of carbonyl (C=O) groups excluding carboxylic acids is 1. The number of H-pyrrole nitrogens is 1. The SMILES string of the molecule is COC(=O)Cc1[nH]n(-c2ccccc2)c(=O)c1C(C)=NCCc1ccc(OC)cc1. The van der Waals surface area contributed by atoms with Gasteiger partial charge in [0.15, 0.2) is 0 Å². The largest absolute Gasteiger partial charge is 0.497 e. The molecule has 30 heavy (non-hydrogen) atoms. The summed E-state index contributed by atoms with van der Waals surface area (Å²) < 4.78 is 11.4. The van der Waals surface area contributed by atoms with Gasteiger partial charge in [0.25, 0.3) is 5.56 Å². The van der Waals surface area contributed by atoms with Crippen molar-refractivity contribution in [2.24, 2.45) is 4.99 Å². The molecule has 3 aromatic rings. The summed E-state index contributed by atoms with van der Waals surface area (Å²) in [5.74, 6) is 0.378. The number of nitrogens with zero attached hydrogens (tertiary/aromatic N) is 2. The second-order valence-corrected chi connectivity index (χ2v) is 6.76. The number of esters is 1. The maximum atomic E-state index is 13.1. The van der Waals surface area contributed by atoms with Crippen LogP contribution in [-0.4, -0.2) is 42.2 Å². The molecule has 156 valence electrons. The molecule has 0 aliphatic heterocycles. The van der Waals surface area contributed by atoms with Crippen molar-refractivity contribution in [2.45, 2.75) is 19.8 Å². The Bertz CT molecular complexity index is 1080. The fraction of sp³-hybridized carbons (Fsp3) is 0.261. The van der Waals surface area contributed by atoms with Gasteiger partial charge in [-0.15, -0.1) is 0 Å². The number of methoxy groups -OCH3 is 2. The summed E-state index contributed by atoms with van der Waals surface area (Å²) in [7, 11) is 2.96. The van der Waals surface area contributed by atoms with E-state index in [1.807, 2.05) is 54.6 Å². The van der Waals surface area contributed by atoms with Crippen molar-refractivity contribution in [2.75, 3.05) is 20.8 Å². The standard InChI is InChI=1S/C23H25N3O4/c1-16(24-14-13-17-9-11-19(29-2)12-10-17)22-20(15-21(27)30-3)25-26(23(22)28)18-7-5-4-6-8-18/h4-12,25H,13-15H2,1-3H3. The molecule has 1 heterocycles. The third-order valence-electron chi connectivity index (χ3n) is 4.80. The predicted octanol–water partition coefficient (Wildman–Crippen LogP) is 2.94. The van der Waals surface area contributed by atoms with Crippen LogP contribution in [0.4, 0.5) is 0 Å². The van der Waals surface area contributed by atoms with Crippen LogP contribution in [0.2, 0.25) is 0 Å². The average molecular weight is 407 g/mol. The summed E-state index contributed by atoms with van der Waals surface area (Å²) in [5.41, 5.74) is 3.04. The highest BCUT2D eigenvalue weighted by atomic mass is 16.5. The van der Waals surface area contributed by atoms with Gasteiger partial charge in [-0.3, -0.25) is 19.7 Å². The summed E-state index contributed by atoms with van der Waals surface area (Å²) in [6, 6.07) is 17.0. The van der Waals surface area contributed by atoms with Gasteiger partial charge in [-0.25, -0.2) is 4.68 Å². The quantitative estimate of drug-likeness (QED) is 0.460. The van der Waals surface area contributed by atoms with Crippen molar-refractivity contribution in [1.29, 1.82) is 0 Å². The summed E-state index contributed by atoms with van der Waals surface area (Å²) in [6.07, 6.45) is 0.692. The molecule has 0 aliphatic rings. The topological polar surface area (TPSA) is 85.7 Å². The summed E-state index contributed by atoms with van der Waals surface area (Å²) in [6.45, 7) is 2.31. The molecule has 2 aromatic carbocycles. The summed E-state index contributed by atoms with van der Waals surface area (Å²) >= 11 is 0. The minimum Gasteiger partial charge on any atom is -0.497 e. The zero-order chi connectivity index (χ0) is 21.5. The average Bonchev–Trinajstić information content (AvgIpc) is 3.10.